The minimum absolute atomic E-state index is 0.177. The molecule has 0 spiro atoms. The Labute approximate surface area is 170 Å². The molecule has 3 aromatic rings. The van der Waals surface area contributed by atoms with Gasteiger partial charge in [-0.1, -0.05) is 6.92 Å². The van der Waals surface area contributed by atoms with Crippen LogP contribution < -0.4 is 5.32 Å². The smallest absolute Gasteiger partial charge is 0.352 e. The number of halogens is 4. The number of aromatic nitrogens is 2. The van der Waals surface area contributed by atoms with Crippen molar-refractivity contribution in [2.75, 3.05) is 6.54 Å². The number of pyridine rings is 2. The summed E-state index contributed by atoms with van der Waals surface area (Å²) >= 11 is 0. The number of benzene rings is 1. The van der Waals surface area contributed by atoms with Crippen molar-refractivity contribution in [3.05, 3.63) is 82.4 Å². The molecule has 30 heavy (non-hydrogen) atoms. The van der Waals surface area contributed by atoms with E-state index in [1.165, 1.54) is 12.4 Å². The highest BCUT2D eigenvalue weighted by atomic mass is 19.4. The zero-order valence-electron chi connectivity index (χ0n) is 15.9. The lowest BCUT2D eigenvalue weighted by Gasteiger charge is -2.19. The summed E-state index contributed by atoms with van der Waals surface area (Å²) in [6, 6.07) is 7.59. The van der Waals surface area contributed by atoms with Gasteiger partial charge in [-0.05, 0) is 59.5 Å². The fourth-order valence-corrected chi connectivity index (χ4v) is 3.64. The molecule has 0 fully saturated rings. The summed E-state index contributed by atoms with van der Waals surface area (Å²) in [4.78, 5) is 20.8. The summed E-state index contributed by atoms with van der Waals surface area (Å²) in [6.45, 7) is 2.19. The van der Waals surface area contributed by atoms with Gasteiger partial charge in [0.25, 0.3) is 5.91 Å². The summed E-state index contributed by atoms with van der Waals surface area (Å²) in [7, 11) is 0. The van der Waals surface area contributed by atoms with Crippen LogP contribution in [-0.4, -0.2) is 22.4 Å². The summed E-state index contributed by atoms with van der Waals surface area (Å²) in [5.41, 5.74) is 2.24. The van der Waals surface area contributed by atoms with E-state index >= 15 is 0 Å². The summed E-state index contributed by atoms with van der Waals surface area (Å²) in [5.74, 6) is -1.62. The minimum atomic E-state index is -4.63. The maximum Gasteiger partial charge on any atom is 0.416 e. The molecule has 1 aromatic carbocycles. The van der Waals surface area contributed by atoms with Gasteiger partial charge in [-0.2, -0.15) is 13.2 Å². The lowest BCUT2D eigenvalue weighted by Crippen LogP contribution is -2.32. The van der Waals surface area contributed by atoms with Gasteiger partial charge in [-0.25, -0.2) is 4.39 Å². The first-order valence-corrected chi connectivity index (χ1v) is 9.34. The van der Waals surface area contributed by atoms with E-state index < -0.39 is 23.5 Å². The fourth-order valence-electron chi connectivity index (χ4n) is 3.64. The highest BCUT2D eigenvalue weighted by molar-refractivity contribution is 5.98. The van der Waals surface area contributed by atoms with Gasteiger partial charge in [0.1, 0.15) is 5.82 Å². The summed E-state index contributed by atoms with van der Waals surface area (Å²) < 4.78 is 53.1. The Bertz CT molecular complexity index is 1130. The molecule has 4 nitrogen and oxygen atoms in total. The summed E-state index contributed by atoms with van der Waals surface area (Å²) in [5, 5.41) is 2.78. The van der Waals surface area contributed by atoms with Crippen LogP contribution in [0.2, 0.25) is 0 Å². The van der Waals surface area contributed by atoms with E-state index in [-0.39, 0.29) is 11.5 Å². The van der Waals surface area contributed by atoms with E-state index in [4.69, 9.17) is 0 Å². The topological polar surface area (TPSA) is 54.9 Å². The largest absolute Gasteiger partial charge is 0.416 e. The van der Waals surface area contributed by atoms with Crippen molar-refractivity contribution >= 4 is 5.91 Å². The van der Waals surface area contributed by atoms with Crippen LogP contribution in [0.5, 0.6) is 0 Å². The Kier molecular flexibility index (Phi) is 5.01. The molecule has 0 bridgehead atoms. The molecule has 2 aromatic heterocycles. The third kappa shape index (κ3) is 3.77. The van der Waals surface area contributed by atoms with Gasteiger partial charge >= 0.3 is 6.18 Å². The molecule has 1 amide bonds. The Morgan fingerprint density at radius 1 is 1.03 bits per heavy atom. The molecular weight excluding hydrogens is 398 g/mol. The van der Waals surface area contributed by atoms with Crippen molar-refractivity contribution in [1.82, 2.24) is 15.3 Å². The van der Waals surface area contributed by atoms with Crippen LogP contribution in [0.25, 0.3) is 11.4 Å². The number of rotatable bonds is 3. The van der Waals surface area contributed by atoms with Crippen LogP contribution in [-0.2, 0) is 12.6 Å². The molecule has 1 unspecified atom stereocenters. The molecule has 4 rings (SSSR count). The average molecular weight is 415 g/mol. The van der Waals surface area contributed by atoms with Crippen LogP contribution in [0.15, 0.2) is 48.8 Å². The number of nitrogens with one attached hydrogen (secondary N) is 1. The molecule has 0 saturated heterocycles. The maximum absolute atomic E-state index is 13.8. The van der Waals surface area contributed by atoms with E-state index in [2.05, 4.69) is 15.3 Å². The Hall–Kier alpha value is -3.29. The van der Waals surface area contributed by atoms with Crippen molar-refractivity contribution in [3.8, 4) is 11.4 Å². The van der Waals surface area contributed by atoms with E-state index in [9.17, 15) is 22.4 Å². The second-order valence-corrected chi connectivity index (χ2v) is 7.16. The van der Waals surface area contributed by atoms with Crippen LogP contribution in [0.1, 0.15) is 45.5 Å². The maximum atomic E-state index is 13.8. The molecule has 1 N–H and O–H groups in total. The third-order valence-corrected chi connectivity index (χ3v) is 5.24. The van der Waals surface area contributed by atoms with Gasteiger partial charge in [0.15, 0.2) is 0 Å². The number of hydrogen-bond acceptors (Lipinski definition) is 3. The third-order valence-electron chi connectivity index (χ3n) is 5.24. The van der Waals surface area contributed by atoms with Crippen LogP contribution >= 0.6 is 0 Å². The predicted octanol–water partition coefficient (Wildman–Crippen LogP) is 4.74. The molecular formula is C22H17F4N3O. The molecule has 1 aliphatic heterocycles. The van der Waals surface area contributed by atoms with Crippen molar-refractivity contribution in [1.29, 1.82) is 0 Å². The molecule has 1 aliphatic rings. The van der Waals surface area contributed by atoms with Gasteiger partial charge in [-0.3, -0.25) is 14.8 Å². The van der Waals surface area contributed by atoms with Gasteiger partial charge in [0.05, 0.1) is 17.0 Å². The fraction of sp³-hybridized carbons (Fsp3) is 0.227. The van der Waals surface area contributed by atoms with Crippen LogP contribution in [0, 0.1) is 5.82 Å². The van der Waals surface area contributed by atoms with Crippen LogP contribution in [0.4, 0.5) is 17.6 Å². The zero-order chi connectivity index (χ0) is 21.5. The molecule has 154 valence electrons. The van der Waals surface area contributed by atoms with E-state index in [0.29, 0.717) is 41.5 Å². The highest BCUT2D eigenvalue weighted by Crippen LogP contribution is 2.34. The van der Waals surface area contributed by atoms with Crippen LogP contribution in [0.3, 0.4) is 0 Å². The zero-order valence-corrected chi connectivity index (χ0v) is 15.9. The van der Waals surface area contributed by atoms with E-state index in [0.717, 1.165) is 17.7 Å². The number of nitrogens with zero attached hydrogens (tertiary/aromatic N) is 2. The van der Waals surface area contributed by atoms with Gasteiger partial charge in [0, 0.05) is 30.4 Å². The number of carbonyl (C=O) groups excluding carboxylic acids is 1. The normalized spacial score (nSPS) is 14.8. The van der Waals surface area contributed by atoms with Gasteiger partial charge in [0.2, 0.25) is 0 Å². The Morgan fingerprint density at radius 3 is 2.57 bits per heavy atom. The van der Waals surface area contributed by atoms with Gasteiger partial charge in [-0.15, -0.1) is 0 Å². The van der Waals surface area contributed by atoms with Gasteiger partial charge < -0.3 is 5.32 Å². The minimum Gasteiger partial charge on any atom is -0.352 e. The molecule has 3 heterocycles. The number of carbonyl (C=O) groups is 1. The second kappa shape index (κ2) is 7.51. The first kappa shape index (κ1) is 20.0. The van der Waals surface area contributed by atoms with Crippen molar-refractivity contribution in [2.24, 2.45) is 0 Å². The van der Waals surface area contributed by atoms with Crippen molar-refractivity contribution < 1.29 is 22.4 Å². The second-order valence-electron chi connectivity index (χ2n) is 7.16. The molecule has 8 heteroatoms. The summed E-state index contributed by atoms with van der Waals surface area (Å²) in [6.07, 6.45) is -0.966. The SMILES string of the molecule is CC(c1cc(F)cc(C(F)(F)F)c1)c1ccnc(-c2nccc3c2CCNC3=O)c1. The monoisotopic (exact) mass is 415 g/mol. The lowest BCUT2D eigenvalue weighted by molar-refractivity contribution is -0.137. The lowest BCUT2D eigenvalue weighted by atomic mass is 9.91. The Morgan fingerprint density at radius 2 is 1.80 bits per heavy atom. The Balaban J connectivity index is 1.74. The molecule has 0 saturated carbocycles. The molecule has 0 radical (unpaired) electrons. The number of fused-ring (bicyclic) bond motifs is 1. The average Bonchev–Trinajstić information content (AvgIpc) is 2.72. The predicted molar refractivity (Wildman–Crippen MR) is 102 cm³/mol. The number of hydrogen-bond donors (Lipinski definition) is 1. The van der Waals surface area contributed by atoms with Crippen molar-refractivity contribution in [3.63, 3.8) is 0 Å². The van der Waals surface area contributed by atoms with E-state index in [1.807, 2.05) is 0 Å². The van der Waals surface area contributed by atoms with Crippen molar-refractivity contribution in [2.45, 2.75) is 25.4 Å². The first-order chi connectivity index (χ1) is 14.2. The molecule has 0 aliphatic carbocycles. The standard InChI is InChI=1S/C22H17F4N3O/c1-12(14-8-15(22(24,25)26)11-16(23)9-14)13-2-5-27-19(10-13)20-17-3-7-29-21(30)18(17)4-6-28-20/h2,4-6,8-12H,3,7H2,1H3,(H,29,30). The number of alkyl halides is 3. The highest BCUT2D eigenvalue weighted by Gasteiger charge is 2.32. The number of amides is 1. The quantitative estimate of drug-likeness (QED) is 0.629. The van der Waals surface area contributed by atoms with E-state index in [1.54, 1.807) is 25.1 Å². The molecule has 1 atom stereocenters. The first-order valence-electron chi connectivity index (χ1n) is 9.34.